The predicted molar refractivity (Wildman–Crippen MR) is 54.0 cm³/mol. The minimum Gasteiger partial charge on any atom is -0.265 e. The highest BCUT2D eigenvalue weighted by Gasteiger charge is 2.05. The first-order valence-electron chi connectivity index (χ1n) is 4.50. The van der Waals surface area contributed by atoms with Crippen LogP contribution in [0.4, 0.5) is 0 Å². The smallest absolute Gasteiger partial charge is 0.185 e. The second kappa shape index (κ2) is 3.13. The highest BCUT2D eigenvalue weighted by atomic mass is 15.3. The molecule has 3 aromatic rings. The van der Waals surface area contributed by atoms with E-state index < -0.39 is 0 Å². The van der Waals surface area contributed by atoms with E-state index in [4.69, 9.17) is 0 Å². The Hall–Kier alpha value is -2.30. The molecule has 3 aromatic heterocycles. The van der Waals surface area contributed by atoms with Gasteiger partial charge in [0.05, 0.1) is 0 Å². The van der Waals surface area contributed by atoms with E-state index in [1.807, 2.05) is 18.2 Å². The summed E-state index contributed by atoms with van der Waals surface area (Å²) < 4.78 is 1.65. The van der Waals surface area contributed by atoms with E-state index >= 15 is 0 Å². The molecule has 5 nitrogen and oxygen atoms in total. The fraction of sp³-hybridized carbons (Fsp3) is 0. The van der Waals surface area contributed by atoms with E-state index in [9.17, 15) is 0 Å². The van der Waals surface area contributed by atoms with Crippen LogP contribution in [0.25, 0.3) is 16.8 Å². The van der Waals surface area contributed by atoms with Crippen molar-refractivity contribution in [3.8, 4) is 11.1 Å². The molecule has 5 heteroatoms. The van der Waals surface area contributed by atoms with E-state index in [0.29, 0.717) is 0 Å². The average molecular weight is 197 g/mol. The molecule has 0 aliphatic heterocycles. The van der Waals surface area contributed by atoms with Crippen molar-refractivity contribution in [3.63, 3.8) is 0 Å². The second-order valence-corrected chi connectivity index (χ2v) is 3.08. The number of aromatic nitrogens is 5. The van der Waals surface area contributed by atoms with Crippen LogP contribution >= 0.6 is 0 Å². The molecule has 0 amide bonds. The third-order valence-corrected chi connectivity index (χ3v) is 2.19. The number of nitrogens with zero attached hydrogens (tertiary/aromatic N) is 5. The molecule has 0 aromatic carbocycles. The molecule has 0 N–H and O–H groups in total. The summed E-state index contributed by atoms with van der Waals surface area (Å²) in [5.41, 5.74) is 2.82. The summed E-state index contributed by atoms with van der Waals surface area (Å²) in [6.07, 6.45) is 6.82. The van der Waals surface area contributed by atoms with Crippen molar-refractivity contribution in [2.24, 2.45) is 0 Å². The zero-order valence-corrected chi connectivity index (χ0v) is 7.78. The Morgan fingerprint density at radius 2 is 1.87 bits per heavy atom. The Kier molecular flexibility index (Phi) is 1.68. The maximum absolute atomic E-state index is 4.10. The Morgan fingerprint density at radius 3 is 2.73 bits per heavy atom. The molecule has 0 radical (unpaired) electrons. The first-order valence-corrected chi connectivity index (χ1v) is 4.50. The molecule has 0 unspecified atom stereocenters. The number of fused-ring (bicyclic) bond motifs is 1. The summed E-state index contributed by atoms with van der Waals surface area (Å²) in [7, 11) is 0. The summed E-state index contributed by atoms with van der Waals surface area (Å²) >= 11 is 0. The number of hydrogen-bond acceptors (Lipinski definition) is 4. The lowest BCUT2D eigenvalue weighted by molar-refractivity contribution is 0.927. The standard InChI is InChI=1S/C10H7N5/c1-4-11-5-2-8(1)9-3-6-13-15-7-12-14-10(9)15/h1-7H. The van der Waals surface area contributed by atoms with E-state index in [0.717, 1.165) is 16.8 Å². The lowest BCUT2D eigenvalue weighted by atomic mass is 10.1. The fourth-order valence-corrected chi connectivity index (χ4v) is 1.50. The van der Waals surface area contributed by atoms with Crippen LogP contribution in [-0.4, -0.2) is 24.8 Å². The number of hydrogen-bond donors (Lipinski definition) is 0. The van der Waals surface area contributed by atoms with Gasteiger partial charge in [0.25, 0.3) is 0 Å². The summed E-state index contributed by atoms with van der Waals surface area (Å²) in [6.45, 7) is 0. The molecular weight excluding hydrogens is 190 g/mol. The molecule has 3 heterocycles. The monoisotopic (exact) mass is 197 g/mol. The average Bonchev–Trinajstić information content (AvgIpc) is 2.78. The van der Waals surface area contributed by atoms with Crippen molar-refractivity contribution in [1.82, 2.24) is 24.8 Å². The van der Waals surface area contributed by atoms with Crippen LogP contribution in [0.5, 0.6) is 0 Å². The third kappa shape index (κ3) is 1.25. The molecule has 0 atom stereocenters. The van der Waals surface area contributed by atoms with E-state index in [2.05, 4.69) is 20.3 Å². The van der Waals surface area contributed by atoms with Gasteiger partial charge in [-0.1, -0.05) is 0 Å². The van der Waals surface area contributed by atoms with Gasteiger partial charge in [-0.3, -0.25) is 4.98 Å². The SMILES string of the molecule is c1cc(-c2ccnn3cnnc23)ccn1. The molecule has 72 valence electrons. The maximum atomic E-state index is 4.10. The summed E-state index contributed by atoms with van der Waals surface area (Å²) in [6, 6.07) is 5.79. The van der Waals surface area contributed by atoms with Crippen molar-refractivity contribution < 1.29 is 0 Å². The van der Waals surface area contributed by atoms with Crippen LogP contribution in [0.1, 0.15) is 0 Å². The number of pyridine rings is 1. The van der Waals surface area contributed by atoms with Gasteiger partial charge < -0.3 is 0 Å². The van der Waals surface area contributed by atoms with Crippen LogP contribution in [0.2, 0.25) is 0 Å². The summed E-state index contributed by atoms with van der Waals surface area (Å²) in [4.78, 5) is 3.98. The van der Waals surface area contributed by atoms with Gasteiger partial charge in [-0.05, 0) is 23.8 Å². The van der Waals surface area contributed by atoms with Gasteiger partial charge in [0.2, 0.25) is 0 Å². The van der Waals surface area contributed by atoms with E-state index in [1.165, 1.54) is 0 Å². The quantitative estimate of drug-likeness (QED) is 0.588. The van der Waals surface area contributed by atoms with Gasteiger partial charge in [-0.15, -0.1) is 10.2 Å². The molecule has 0 spiro atoms. The Balaban J connectivity index is 2.31. The largest absolute Gasteiger partial charge is 0.265 e. The maximum Gasteiger partial charge on any atom is 0.185 e. The van der Waals surface area contributed by atoms with Crippen LogP contribution < -0.4 is 0 Å². The lowest BCUT2D eigenvalue weighted by Gasteiger charge is -2.00. The number of rotatable bonds is 1. The van der Waals surface area contributed by atoms with Gasteiger partial charge in [0.1, 0.15) is 6.33 Å². The summed E-state index contributed by atoms with van der Waals surface area (Å²) in [5.74, 6) is 0. The first kappa shape index (κ1) is 8.05. The molecule has 0 saturated carbocycles. The Labute approximate surface area is 85.4 Å². The van der Waals surface area contributed by atoms with Crippen molar-refractivity contribution in [2.45, 2.75) is 0 Å². The normalized spacial score (nSPS) is 10.7. The van der Waals surface area contributed by atoms with Crippen LogP contribution in [0.3, 0.4) is 0 Å². The topological polar surface area (TPSA) is 56.0 Å². The van der Waals surface area contributed by atoms with Gasteiger partial charge in [0, 0.05) is 24.2 Å². The molecule has 0 bridgehead atoms. The molecule has 15 heavy (non-hydrogen) atoms. The van der Waals surface area contributed by atoms with Gasteiger partial charge in [-0.2, -0.15) is 9.61 Å². The second-order valence-electron chi connectivity index (χ2n) is 3.08. The highest BCUT2D eigenvalue weighted by molar-refractivity contribution is 5.75. The molecular formula is C10H7N5. The van der Waals surface area contributed by atoms with Gasteiger partial charge in [0.15, 0.2) is 5.65 Å². The van der Waals surface area contributed by atoms with Gasteiger partial charge >= 0.3 is 0 Å². The zero-order valence-electron chi connectivity index (χ0n) is 7.78. The van der Waals surface area contributed by atoms with Crippen LogP contribution in [-0.2, 0) is 0 Å². The highest BCUT2D eigenvalue weighted by Crippen LogP contribution is 2.20. The lowest BCUT2D eigenvalue weighted by Crippen LogP contribution is -1.91. The molecule has 0 fully saturated rings. The third-order valence-electron chi connectivity index (χ3n) is 2.19. The Morgan fingerprint density at radius 1 is 1.00 bits per heavy atom. The van der Waals surface area contributed by atoms with Gasteiger partial charge in [-0.25, -0.2) is 0 Å². The molecule has 0 aliphatic rings. The Bertz CT molecular complexity index is 587. The minimum atomic E-state index is 0.753. The van der Waals surface area contributed by atoms with Crippen molar-refractivity contribution in [2.75, 3.05) is 0 Å². The van der Waals surface area contributed by atoms with Crippen molar-refractivity contribution in [1.29, 1.82) is 0 Å². The molecule has 3 rings (SSSR count). The first-order chi connectivity index (χ1) is 7.45. The fourth-order valence-electron chi connectivity index (χ4n) is 1.50. The predicted octanol–water partition coefficient (Wildman–Crippen LogP) is 1.19. The minimum absolute atomic E-state index is 0.753. The van der Waals surface area contributed by atoms with E-state index in [-0.39, 0.29) is 0 Å². The van der Waals surface area contributed by atoms with Crippen LogP contribution in [0.15, 0.2) is 43.1 Å². The van der Waals surface area contributed by atoms with Crippen molar-refractivity contribution in [3.05, 3.63) is 43.1 Å². The molecule has 0 aliphatic carbocycles. The molecule has 0 saturated heterocycles. The summed E-state index contributed by atoms with van der Waals surface area (Å²) in [5, 5.41) is 12.0. The van der Waals surface area contributed by atoms with E-state index in [1.54, 1.807) is 29.4 Å². The van der Waals surface area contributed by atoms with Crippen molar-refractivity contribution >= 4 is 5.65 Å². The zero-order chi connectivity index (χ0) is 10.1. The van der Waals surface area contributed by atoms with Crippen LogP contribution in [0, 0.1) is 0 Å².